The minimum Gasteiger partial charge on any atom is -0.494 e. The number of aromatic nitrogens is 1. The summed E-state index contributed by atoms with van der Waals surface area (Å²) in [6, 6.07) is 3.97. The lowest BCUT2D eigenvalue weighted by atomic mass is 9.85. The highest BCUT2D eigenvalue weighted by atomic mass is 32.1. The van der Waals surface area contributed by atoms with Gasteiger partial charge < -0.3 is 14.4 Å². The lowest BCUT2D eigenvalue weighted by molar-refractivity contribution is 0.123. The Bertz CT molecular complexity index is 967. The Morgan fingerprint density at radius 2 is 2.07 bits per heavy atom. The molecule has 0 saturated carbocycles. The maximum atomic E-state index is 13.1. The number of carbonyl (C=O) groups is 1. The number of allylic oxidation sites excluding steroid dienone is 2. The molecule has 30 heavy (non-hydrogen) atoms. The monoisotopic (exact) mass is 428 g/mol. The van der Waals surface area contributed by atoms with Gasteiger partial charge in [0.1, 0.15) is 11.3 Å². The van der Waals surface area contributed by atoms with Crippen molar-refractivity contribution in [2.75, 3.05) is 50.2 Å². The van der Waals surface area contributed by atoms with Crippen LogP contribution in [0.2, 0.25) is 0 Å². The molecule has 160 valence electrons. The van der Waals surface area contributed by atoms with Gasteiger partial charge in [-0.1, -0.05) is 17.4 Å². The molecule has 2 aromatic rings. The lowest BCUT2D eigenvalue weighted by Gasteiger charge is -2.37. The SMILES string of the molecule is COc1ccc(N2CCOCC2)c2sc(NC(=O)N3CCCC4CCCC=C43)nc12. The zero-order valence-corrected chi connectivity index (χ0v) is 18.2. The minimum atomic E-state index is -0.0706. The van der Waals surface area contributed by atoms with Gasteiger partial charge >= 0.3 is 6.03 Å². The second-order valence-electron chi connectivity index (χ2n) is 8.06. The fourth-order valence-corrected chi connectivity index (χ4v) is 5.81. The van der Waals surface area contributed by atoms with Crippen LogP contribution in [0.5, 0.6) is 5.75 Å². The fourth-order valence-electron chi connectivity index (χ4n) is 4.80. The number of anilines is 2. The second kappa shape index (κ2) is 8.43. The van der Waals surface area contributed by atoms with Crippen LogP contribution in [0.4, 0.5) is 15.6 Å². The van der Waals surface area contributed by atoms with Crippen molar-refractivity contribution in [2.24, 2.45) is 5.92 Å². The van der Waals surface area contributed by atoms with Crippen molar-refractivity contribution in [3.05, 3.63) is 23.9 Å². The van der Waals surface area contributed by atoms with Gasteiger partial charge in [-0.2, -0.15) is 0 Å². The van der Waals surface area contributed by atoms with Crippen LogP contribution in [0.3, 0.4) is 0 Å². The van der Waals surface area contributed by atoms with Crippen LogP contribution in [0.15, 0.2) is 23.9 Å². The summed E-state index contributed by atoms with van der Waals surface area (Å²) < 4.78 is 12.1. The van der Waals surface area contributed by atoms with E-state index in [-0.39, 0.29) is 6.03 Å². The van der Waals surface area contributed by atoms with Gasteiger partial charge in [0.2, 0.25) is 0 Å². The van der Waals surface area contributed by atoms with Crippen LogP contribution in [0.25, 0.3) is 10.2 Å². The number of rotatable bonds is 3. The molecular weight excluding hydrogens is 400 g/mol. The number of urea groups is 1. The van der Waals surface area contributed by atoms with Gasteiger partial charge in [0.15, 0.2) is 5.13 Å². The first-order valence-corrected chi connectivity index (χ1v) is 11.6. The summed E-state index contributed by atoms with van der Waals surface area (Å²) in [4.78, 5) is 22.1. The normalized spacial score (nSPS) is 21.9. The zero-order valence-electron chi connectivity index (χ0n) is 17.4. The number of methoxy groups -OCH3 is 1. The Morgan fingerprint density at radius 3 is 2.90 bits per heavy atom. The molecule has 1 N–H and O–H groups in total. The van der Waals surface area contributed by atoms with E-state index in [9.17, 15) is 4.79 Å². The molecule has 2 fully saturated rings. The maximum absolute atomic E-state index is 13.1. The zero-order chi connectivity index (χ0) is 20.5. The molecule has 3 heterocycles. The van der Waals surface area contributed by atoms with E-state index in [4.69, 9.17) is 14.5 Å². The fraction of sp³-hybridized carbons (Fsp3) is 0.545. The number of hydrogen-bond acceptors (Lipinski definition) is 6. The topological polar surface area (TPSA) is 66.9 Å². The molecule has 2 amide bonds. The standard InChI is InChI=1S/C22H28N4O3S/c1-28-18-9-8-17(25-11-13-29-14-12-25)20-19(18)23-21(30-20)24-22(27)26-10-4-6-15-5-2-3-7-16(15)26/h7-9,15H,2-6,10-14H2,1H3,(H,23,24,27). The number of thiazole rings is 1. The average Bonchev–Trinajstić information content (AvgIpc) is 3.22. The van der Waals surface area contributed by atoms with Crippen molar-refractivity contribution in [1.29, 1.82) is 0 Å². The van der Waals surface area contributed by atoms with Gasteiger partial charge in [0, 0.05) is 25.3 Å². The number of likely N-dealkylation sites (tertiary alicyclic amines) is 1. The number of carbonyl (C=O) groups excluding carboxylic acids is 1. The molecule has 1 aromatic heterocycles. The Kier molecular flexibility index (Phi) is 5.52. The molecular formula is C22H28N4O3S. The van der Waals surface area contributed by atoms with E-state index < -0.39 is 0 Å². The molecule has 1 aromatic carbocycles. The summed E-state index contributed by atoms with van der Waals surface area (Å²) in [6.07, 6.45) is 7.99. The number of piperidine rings is 1. The Hall–Kier alpha value is -2.32. The van der Waals surface area contributed by atoms with E-state index in [2.05, 4.69) is 22.4 Å². The molecule has 8 heteroatoms. The third-order valence-corrected chi connectivity index (χ3v) is 7.28. The molecule has 0 spiro atoms. The first kappa shape index (κ1) is 19.6. The Morgan fingerprint density at radius 1 is 1.23 bits per heavy atom. The van der Waals surface area contributed by atoms with Crippen molar-refractivity contribution in [2.45, 2.75) is 32.1 Å². The third kappa shape index (κ3) is 3.63. The number of fused-ring (bicyclic) bond motifs is 2. The first-order valence-electron chi connectivity index (χ1n) is 10.8. The molecule has 1 atom stereocenters. The molecule has 5 rings (SSSR count). The van der Waals surface area contributed by atoms with Gasteiger partial charge in [0.25, 0.3) is 0 Å². The number of hydrogen-bond donors (Lipinski definition) is 1. The van der Waals surface area contributed by atoms with Crippen LogP contribution in [0, 0.1) is 5.92 Å². The van der Waals surface area contributed by atoms with Crippen LogP contribution >= 0.6 is 11.3 Å². The molecule has 1 unspecified atom stereocenters. The molecule has 1 aliphatic carbocycles. The van der Waals surface area contributed by atoms with E-state index in [0.29, 0.717) is 11.0 Å². The van der Waals surface area contributed by atoms with Crippen molar-refractivity contribution < 1.29 is 14.3 Å². The molecule has 0 bridgehead atoms. The Labute approximate surface area is 180 Å². The van der Waals surface area contributed by atoms with E-state index in [1.807, 2.05) is 11.0 Å². The maximum Gasteiger partial charge on any atom is 0.327 e. The summed E-state index contributed by atoms with van der Waals surface area (Å²) in [5, 5.41) is 3.69. The summed E-state index contributed by atoms with van der Waals surface area (Å²) >= 11 is 1.52. The molecule has 7 nitrogen and oxygen atoms in total. The smallest absolute Gasteiger partial charge is 0.327 e. The summed E-state index contributed by atoms with van der Waals surface area (Å²) in [5.41, 5.74) is 3.13. The Balaban J connectivity index is 1.43. The highest BCUT2D eigenvalue weighted by molar-refractivity contribution is 7.23. The summed E-state index contributed by atoms with van der Waals surface area (Å²) in [5.74, 6) is 1.26. The summed E-state index contributed by atoms with van der Waals surface area (Å²) in [6.45, 7) is 3.93. The number of nitrogens with one attached hydrogen (secondary N) is 1. The number of nitrogens with zero attached hydrogens (tertiary/aromatic N) is 3. The van der Waals surface area contributed by atoms with Crippen LogP contribution in [-0.4, -0.2) is 55.9 Å². The number of benzene rings is 1. The predicted octanol–water partition coefficient (Wildman–Crippen LogP) is 4.45. The van der Waals surface area contributed by atoms with Crippen molar-refractivity contribution in [3.8, 4) is 5.75 Å². The van der Waals surface area contributed by atoms with Gasteiger partial charge in [-0.25, -0.2) is 9.78 Å². The summed E-state index contributed by atoms with van der Waals surface area (Å²) in [7, 11) is 1.66. The van der Waals surface area contributed by atoms with Crippen LogP contribution in [-0.2, 0) is 4.74 Å². The van der Waals surface area contributed by atoms with Gasteiger partial charge in [-0.3, -0.25) is 10.2 Å². The second-order valence-corrected chi connectivity index (χ2v) is 9.06. The highest BCUT2D eigenvalue weighted by Gasteiger charge is 2.31. The highest BCUT2D eigenvalue weighted by Crippen LogP contribution is 2.40. The molecule has 3 aliphatic rings. The molecule has 0 radical (unpaired) electrons. The van der Waals surface area contributed by atoms with E-state index in [1.165, 1.54) is 36.3 Å². The van der Waals surface area contributed by atoms with Gasteiger partial charge in [-0.05, 0) is 50.2 Å². The average molecular weight is 429 g/mol. The van der Waals surface area contributed by atoms with Crippen molar-refractivity contribution >= 4 is 38.4 Å². The number of morpholine rings is 1. The van der Waals surface area contributed by atoms with Gasteiger partial charge in [-0.15, -0.1) is 0 Å². The lowest BCUT2D eigenvalue weighted by Crippen LogP contribution is -2.41. The molecule has 2 aliphatic heterocycles. The van der Waals surface area contributed by atoms with E-state index >= 15 is 0 Å². The predicted molar refractivity (Wildman–Crippen MR) is 120 cm³/mol. The van der Waals surface area contributed by atoms with Gasteiger partial charge in [0.05, 0.1) is 30.7 Å². The number of amides is 2. The number of ether oxygens (including phenoxy) is 2. The quantitative estimate of drug-likeness (QED) is 0.782. The largest absolute Gasteiger partial charge is 0.494 e. The van der Waals surface area contributed by atoms with E-state index in [1.54, 1.807) is 7.11 Å². The first-order chi connectivity index (χ1) is 14.7. The third-order valence-electron chi connectivity index (χ3n) is 6.29. The van der Waals surface area contributed by atoms with Crippen LogP contribution in [0.1, 0.15) is 32.1 Å². The van der Waals surface area contributed by atoms with E-state index in [0.717, 1.165) is 67.3 Å². The molecule has 2 saturated heterocycles. The van der Waals surface area contributed by atoms with Crippen LogP contribution < -0.4 is 15.0 Å². The minimum absolute atomic E-state index is 0.0706. The van der Waals surface area contributed by atoms with Crippen molar-refractivity contribution in [1.82, 2.24) is 9.88 Å². The van der Waals surface area contributed by atoms with Crippen molar-refractivity contribution in [3.63, 3.8) is 0 Å².